The number of nitrogens with zero attached hydrogens (tertiary/aromatic N) is 2. The van der Waals surface area contributed by atoms with Crippen LogP contribution >= 0.6 is 23.1 Å². The fraction of sp³-hybridized carbons (Fsp3) is 0.350. The molecule has 3 aromatic rings. The molecule has 0 atom stereocenters. The number of hydrogen-bond donors (Lipinski definition) is 1. The summed E-state index contributed by atoms with van der Waals surface area (Å²) >= 11 is 3.44. The smallest absolute Gasteiger partial charge is 0.168 e. The summed E-state index contributed by atoms with van der Waals surface area (Å²) in [5.41, 5.74) is 3.68. The molecule has 2 heterocycles. The highest BCUT2D eigenvalue weighted by Crippen LogP contribution is 2.27. The van der Waals surface area contributed by atoms with Crippen LogP contribution in [0.4, 0.5) is 0 Å². The highest BCUT2D eigenvalue weighted by atomic mass is 32.2. The Labute approximate surface area is 157 Å². The van der Waals surface area contributed by atoms with Crippen LogP contribution in [0.5, 0.6) is 0 Å². The van der Waals surface area contributed by atoms with Crippen molar-refractivity contribution < 1.29 is 5.11 Å². The normalized spacial score (nSPS) is 11.8. The van der Waals surface area contributed by atoms with Crippen LogP contribution in [0, 0.1) is 0 Å². The first kappa shape index (κ1) is 18.2. The van der Waals surface area contributed by atoms with Crippen molar-refractivity contribution in [3.63, 3.8) is 0 Å². The first-order chi connectivity index (χ1) is 12.0. The second kappa shape index (κ2) is 7.77. The van der Waals surface area contributed by atoms with Crippen molar-refractivity contribution in [1.29, 1.82) is 0 Å². The lowest BCUT2D eigenvalue weighted by molar-refractivity contribution is 0.270. The number of hydrogen-bond acceptors (Lipinski definition) is 4. The molecule has 5 heteroatoms. The molecule has 0 radical (unpaired) electrons. The Balaban J connectivity index is 1.72. The molecule has 1 N–H and O–H groups in total. The quantitative estimate of drug-likeness (QED) is 0.614. The largest absolute Gasteiger partial charge is 0.390 e. The van der Waals surface area contributed by atoms with Gasteiger partial charge in [0.25, 0.3) is 0 Å². The number of benzene rings is 1. The molecule has 25 heavy (non-hydrogen) atoms. The van der Waals surface area contributed by atoms with E-state index in [-0.39, 0.29) is 12.0 Å². The van der Waals surface area contributed by atoms with E-state index in [0.29, 0.717) is 0 Å². The molecule has 2 aromatic heterocycles. The molecule has 0 unspecified atom stereocenters. The minimum Gasteiger partial charge on any atom is -0.390 e. The monoisotopic (exact) mass is 372 g/mol. The summed E-state index contributed by atoms with van der Waals surface area (Å²) < 4.78 is 2.11. The summed E-state index contributed by atoms with van der Waals surface area (Å²) in [6.07, 6.45) is 1.78. The highest BCUT2D eigenvalue weighted by Gasteiger charge is 2.14. The van der Waals surface area contributed by atoms with E-state index in [4.69, 9.17) is 0 Å². The molecular weight excluding hydrogens is 348 g/mol. The maximum absolute atomic E-state index is 9.59. The number of imidazole rings is 1. The van der Waals surface area contributed by atoms with Gasteiger partial charge in [-0.2, -0.15) is 0 Å². The Kier molecular flexibility index (Phi) is 5.67. The standard InChI is InChI=1S/C20H24N2OS2/c1-20(2,3)16-8-6-15(7-9-16)14-25-19-21-11-17(13-23)22(19)12-18-5-4-10-24-18/h4-11,23H,12-14H2,1-3H3. The van der Waals surface area contributed by atoms with Gasteiger partial charge in [-0.25, -0.2) is 4.98 Å². The average molecular weight is 373 g/mol. The molecule has 0 amide bonds. The van der Waals surface area contributed by atoms with E-state index in [1.54, 1.807) is 29.3 Å². The number of thioether (sulfide) groups is 1. The van der Waals surface area contributed by atoms with Crippen LogP contribution in [0.15, 0.2) is 53.1 Å². The zero-order valence-corrected chi connectivity index (χ0v) is 16.5. The zero-order valence-electron chi connectivity index (χ0n) is 14.9. The Morgan fingerprint density at radius 2 is 1.92 bits per heavy atom. The summed E-state index contributed by atoms with van der Waals surface area (Å²) in [4.78, 5) is 5.78. The summed E-state index contributed by atoms with van der Waals surface area (Å²) in [5.74, 6) is 0.872. The van der Waals surface area contributed by atoms with Gasteiger partial charge in [0, 0.05) is 10.6 Å². The predicted octanol–water partition coefficient (Wildman–Crippen LogP) is 5.08. The Morgan fingerprint density at radius 1 is 1.16 bits per heavy atom. The van der Waals surface area contributed by atoms with Gasteiger partial charge in [-0.1, -0.05) is 62.9 Å². The van der Waals surface area contributed by atoms with E-state index in [1.165, 1.54) is 16.0 Å². The average Bonchev–Trinajstić information content (AvgIpc) is 3.23. The van der Waals surface area contributed by atoms with Crippen LogP contribution in [0.25, 0.3) is 0 Å². The van der Waals surface area contributed by atoms with Gasteiger partial charge in [-0.3, -0.25) is 0 Å². The zero-order chi connectivity index (χ0) is 17.9. The third-order valence-electron chi connectivity index (χ3n) is 4.15. The summed E-state index contributed by atoms with van der Waals surface area (Å²) in [6.45, 7) is 7.47. The van der Waals surface area contributed by atoms with Gasteiger partial charge in [-0.05, 0) is 28.0 Å². The third kappa shape index (κ3) is 4.54. The Hall–Kier alpha value is -1.56. The predicted molar refractivity (Wildman–Crippen MR) is 106 cm³/mol. The Bertz CT molecular complexity index is 799. The molecule has 0 bridgehead atoms. The van der Waals surface area contributed by atoms with Gasteiger partial charge in [0.15, 0.2) is 5.16 Å². The molecule has 0 saturated heterocycles. The van der Waals surface area contributed by atoms with Crippen molar-refractivity contribution >= 4 is 23.1 Å². The van der Waals surface area contributed by atoms with Crippen molar-refractivity contribution in [3.05, 3.63) is 69.7 Å². The molecule has 3 rings (SSSR count). The van der Waals surface area contributed by atoms with Gasteiger partial charge in [0.1, 0.15) is 0 Å². The van der Waals surface area contributed by atoms with Crippen LogP contribution in [0.3, 0.4) is 0 Å². The fourth-order valence-electron chi connectivity index (χ4n) is 2.61. The van der Waals surface area contributed by atoms with E-state index in [1.807, 2.05) is 0 Å². The molecule has 0 saturated carbocycles. The number of aliphatic hydroxyl groups excluding tert-OH is 1. The maximum atomic E-state index is 9.59. The van der Waals surface area contributed by atoms with Gasteiger partial charge in [0.2, 0.25) is 0 Å². The number of thiophene rings is 1. The third-order valence-corrected chi connectivity index (χ3v) is 6.07. The van der Waals surface area contributed by atoms with Crippen LogP contribution < -0.4 is 0 Å². The molecule has 0 spiro atoms. The van der Waals surface area contributed by atoms with E-state index in [0.717, 1.165) is 23.1 Å². The minimum atomic E-state index is 0.0131. The lowest BCUT2D eigenvalue weighted by Gasteiger charge is -2.19. The molecule has 0 aliphatic rings. The van der Waals surface area contributed by atoms with Gasteiger partial charge >= 0.3 is 0 Å². The van der Waals surface area contributed by atoms with Crippen LogP contribution in [-0.2, 0) is 24.3 Å². The first-order valence-corrected chi connectivity index (χ1v) is 10.2. The molecular formula is C20H24N2OS2. The number of aliphatic hydroxyl groups is 1. The molecule has 3 nitrogen and oxygen atoms in total. The second-order valence-electron chi connectivity index (χ2n) is 7.09. The minimum absolute atomic E-state index is 0.0131. The summed E-state index contributed by atoms with van der Waals surface area (Å²) in [6, 6.07) is 13.0. The van der Waals surface area contributed by atoms with Crippen molar-refractivity contribution in [1.82, 2.24) is 9.55 Å². The van der Waals surface area contributed by atoms with Crippen molar-refractivity contribution in [2.75, 3.05) is 0 Å². The van der Waals surface area contributed by atoms with Gasteiger partial charge in [0.05, 0.1) is 25.0 Å². The van der Waals surface area contributed by atoms with E-state index < -0.39 is 0 Å². The highest BCUT2D eigenvalue weighted by molar-refractivity contribution is 7.98. The lowest BCUT2D eigenvalue weighted by Crippen LogP contribution is -2.10. The molecule has 0 aliphatic heterocycles. The van der Waals surface area contributed by atoms with E-state index >= 15 is 0 Å². The topological polar surface area (TPSA) is 38.1 Å². The van der Waals surface area contributed by atoms with Crippen molar-refractivity contribution in [3.8, 4) is 0 Å². The summed E-state index contributed by atoms with van der Waals surface area (Å²) in [5, 5.41) is 12.6. The Morgan fingerprint density at radius 3 is 2.52 bits per heavy atom. The molecule has 132 valence electrons. The maximum Gasteiger partial charge on any atom is 0.168 e. The van der Waals surface area contributed by atoms with Crippen LogP contribution in [0.2, 0.25) is 0 Å². The first-order valence-electron chi connectivity index (χ1n) is 8.37. The van der Waals surface area contributed by atoms with Gasteiger partial charge < -0.3 is 9.67 Å². The lowest BCUT2D eigenvalue weighted by atomic mass is 9.87. The van der Waals surface area contributed by atoms with Gasteiger partial charge in [-0.15, -0.1) is 11.3 Å². The van der Waals surface area contributed by atoms with Crippen molar-refractivity contribution in [2.24, 2.45) is 0 Å². The fourth-order valence-corrected chi connectivity index (χ4v) is 4.26. The van der Waals surface area contributed by atoms with Crippen molar-refractivity contribution in [2.45, 2.75) is 50.2 Å². The van der Waals surface area contributed by atoms with E-state index in [2.05, 4.69) is 72.1 Å². The molecule has 0 fully saturated rings. The molecule has 1 aromatic carbocycles. The number of rotatable bonds is 6. The second-order valence-corrected chi connectivity index (χ2v) is 9.07. The number of aromatic nitrogens is 2. The van der Waals surface area contributed by atoms with E-state index in [9.17, 15) is 5.11 Å². The summed E-state index contributed by atoms with van der Waals surface area (Å²) in [7, 11) is 0. The van der Waals surface area contributed by atoms with Crippen LogP contribution in [0.1, 0.15) is 42.5 Å². The molecule has 0 aliphatic carbocycles. The van der Waals surface area contributed by atoms with Crippen LogP contribution in [-0.4, -0.2) is 14.7 Å². The SMILES string of the molecule is CC(C)(C)c1ccc(CSc2ncc(CO)n2Cc2cccs2)cc1.